The van der Waals surface area contributed by atoms with Crippen LogP contribution in [0.2, 0.25) is 0 Å². The van der Waals surface area contributed by atoms with Crippen molar-refractivity contribution in [1.82, 2.24) is 10.2 Å². The summed E-state index contributed by atoms with van der Waals surface area (Å²) in [5.74, 6) is 0.539. The molecule has 0 atom stereocenters. The predicted molar refractivity (Wildman–Crippen MR) is 67.7 cm³/mol. The molecule has 0 unspecified atom stereocenters. The van der Waals surface area contributed by atoms with Gasteiger partial charge in [0.2, 0.25) is 0 Å². The van der Waals surface area contributed by atoms with Gasteiger partial charge in [0.25, 0.3) is 0 Å². The van der Waals surface area contributed by atoms with Gasteiger partial charge in [-0.15, -0.1) is 0 Å². The van der Waals surface area contributed by atoms with Gasteiger partial charge < -0.3 is 9.73 Å². The zero-order chi connectivity index (χ0) is 14.7. The molecule has 0 aromatic carbocycles. The van der Waals surface area contributed by atoms with Crippen LogP contribution in [0.15, 0.2) is 16.7 Å². The van der Waals surface area contributed by atoms with Gasteiger partial charge in [0.15, 0.2) is 0 Å². The van der Waals surface area contributed by atoms with Gasteiger partial charge in [-0.3, -0.25) is 4.90 Å². The fourth-order valence-electron chi connectivity index (χ4n) is 1.60. The smallest absolute Gasteiger partial charge is 0.401 e. The van der Waals surface area contributed by atoms with Gasteiger partial charge in [-0.05, 0) is 33.9 Å². The number of nitrogens with one attached hydrogen (secondary N) is 1. The highest BCUT2D eigenvalue weighted by Gasteiger charge is 2.29. The van der Waals surface area contributed by atoms with Crippen molar-refractivity contribution in [3.05, 3.63) is 23.7 Å². The lowest BCUT2D eigenvalue weighted by Crippen LogP contribution is -2.34. The number of nitrogens with zero attached hydrogens (tertiary/aromatic N) is 1. The Kier molecular flexibility index (Phi) is 5.04. The van der Waals surface area contributed by atoms with Crippen LogP contribution in [0.3, 0.4) is 0 Å². The van der Waals surface area contributed by atoms with Crippen LogP contribution in [0.1, 0.15) is 32.1 Å². The zero-order valence-electron chi connectivity index (χ0n) is 11.8. The van der Waals surface area contributed by atoms with E-state index in [0.717, 1.165) is 5.56 Å². The van der Waals surface area contributed by atoms with E-state index in [1.807, 2.05) is 20.8 Å². The molecule has 19 heavy (non-hydrogen) atoms. The molecule has 1 aromatic rings. The lowest BCUT2D eigenvalue weighted by atomic mass is 10.1. The molecule has 0 fully saturated rings. The molecule has 3 nitrogen and oxygen atoms in total. The van der Waals surface area contributed by atoms with Crippen molar-refractivity contribution in [2.75, 3.05) is 13.6 Å². The Bertz CT molecular complexity index is 393. The third kappa shape index (κ3) is 7.22. The highest BCUT2D eigenvalue weighted by molar-refractivity contribution is 5.13. The molecule has 1 N–H and O–H groups in total. The fraction of sp³-hybridized carbons (Fsp3) is 0.692. The molecular weight excluding hydrogens is 257 g/mol. The van der Waals surface area contributed by atoms with Gasteiger partial charge in [-0.25, -0.2) is 0 Å². The lowest BCUT2D eigenvalue weighted by molar-refractivity contribution is -0.144. The van der Waals surface area contributed by atoms with Gasteiger partial charge in [-0.1, -0.05) is 0 Å². The van der Waals surface area contributed by atoms with Crippen LogP contribution in [0, 0.1) is 0 Å². The van der Waals surface area contributed by atoms with E-state index in [4.69, 9.17) is 4.42 Å². The summed E-state index contributed by atoms with van der Waals surface area (Å²) >= 11 is 0. The van der Waals surface area contributed by atoms with E-state index in [9.17, 15) is 13.2 Å². The first-order valence-corrected chi connectivity index (χ1v) is 6.12. The molecule has 110 valence electrons. The third-order valence-electron chi connectivity index (χ3n) is 2.41. The average Bonchev–Trinajstić information content (AvgIpc) is 2.58. The molecule has 0 saturated carbocycles. The first kappa shape index (κ1) is 16.0. The zero-order valence-corrected chi connectivity index (χ0v) is 11.8. The van der Waals surface area contributed by atoms with Crippen LogP contribution < -0.4 is 5.32 Å². The van der Waals surface area contributed by atoms with Gasteiger partial charge in [0.05, 0.1) is 19.4 Å². The van der Waals surface area contributed by atoms with Crippen molar-refractivity contribution in [2.24, 2.45) is 0 Å². The topological polar surface area (TPSA) is 28.4 Å². The summed E-state index contributed by atoms with van der Waals surface area (Å²) in [6.07, 6.45) is -2.60. The Morgan fingerprint density at radius 2 is 1.89 bits per heavy atom. The molecule has 0 radical (unpaired) electrons. The van der Waals surface area contributed by atoms with Crippen molar-refractivity contribution in [3.8, 4) is 0 Å². The molecule has 0 aliphatic rings. The second-order valence-electron chi connectivity index (χ2n) is 5.81. The lowest BCUT2D eigenvalue weighted by Gasteiger charge is -2.19. The van der Waals surface area contributed by atoms with E-state index < -0.39 is 12.7 Å². The highest BCUT2D eigenvalue weighted by atomic mass is 19.4. The maximum atomic E-state index is 12.2. The van der Waals surface area contributed by atoms with Crippen LogP contribution in [0.25, 0.3) is 0 Å². The van der Waals surface area contributed by atoms with E-state index in [1.54, 1.807) is 12.3 Å². The van der Waals surface area contributed by atoms with E-state index in [-0.39, 0.29) is 12.1 Å². The van der Waals surface area contributed by atoms with Crippen LogP contribution >= 0.6 is 0 Å². The van der Waals surface area contributed by atoms with E-state index in [1.165, 1.54) is 11.9 Å². The fourth-order valence-corrected chi connectivity index (χ4v) is 1.60. The largest absolute Gasteiger partial charge is 0.468 e. The summed E-state index contributed by atoms with van der Waals surface area (Å²) in [5, 5.41) is 3.29. The summed E-state index contributed by atoms with van der Waals surface area (Å²) < 4.78 is 41.8. The molecule has 0 aliphatic heterocycles. The number of furan rings is 1. The maximum Gasteiger partial charge on any atom is 0.401 e. The number of hydrogen-bond donors (Lipinski definition) is 1. The first-order valence-electron chi connectivity index (χ1n) is 6.12. The molecule has 6 heteroatoms. The van der Waals surface area contributed by atoms with Gasteiger partial charge in [0, 0.05) is 17.6 Å². The maximum absolute atomic E-state index is 12.2. The molecule has 1 rings (SSSR count). The Labute approximate surface area is 111 Å². The second-order valence-corrected chi connectivity index (χ2v) is 5.81. The molecular formula is C13H21F3N2O. The summed E-state index contributed by atoms with van der Waals surface area (Å²) in [5.41, 5.74) is 0.926. The third-order valence-corrected chi connectivity index (χ3v) is 2.41. The van der Waals surface area contributed by atoms with Crippen LogP contribution in [-0.4, -0.2) is 30.2 Å². The number of rotatable bonds is 5. The van der Waals surface area contributed by atoms with Crippen LogP contribution in [-0.2, 0) is 13.1 Å². The van der Waals surface area contributed by atoms with E-state index in [2.05, 4.69) is 5.32 Å². The molecule has 0 amide bonds. The molecule has 0 saturated heterocycles. The minimum absolute atomic E-state index is 0.00942. The monoisotopic (exact) mass is 278 g/mol. The molecule has 0 spiro atoms. The average molecular weight is 278 g/mol. The Morgan fingerprint density at radius 3 is 2.42 bits per heavy atom. The SMILES string of the molecule is CN(Cc1cc(CNC(C)(C)C)co1)CC(F)(F)F. The van der Waals surface area contributed by atoms with Crippen molar-refractivity contribution < 1.29 is 17.6 Å². The van der Waals surface area contributed by atoms with Crippen molar-refractivity contribution in [1.29, 1.82) is 0 Å². The Hall–Kier alpha value is -1.01. The minimum atomic E-state index is -4.18. The number of alkyl halides is 3. The molecule has 0 aliphatic carbocycles. The number of hydrogen-bond acceptors (Lipinski definition) is 3. The Morgan fingerprint density at radius 1 is 1.26 bits per heavy atom. The predicted octanol–water partition coefficient (Wildman–Crippen LogP) is 3.16. The second kappa shape index (κ2) is 5.96. The van der Waals surface area contributed by atoms with Gasteiger partial charge >= 0.3 is 6.18 Å². The highest BCUT2D eigenvalue weighted by Crippen LogP contribution is 2.18. The molecule has 1 aromatic heterocycles. The normalized spacial score (nSPS) is 13.3. The van der Waals surface area contributed by atoms with Crippen LogP contribution in [0.5, 0.6) is 0 Å². The Balaban J connectivity index is 2.46. The summed E-state index contributed by atoms with van der Waals surface area (Å²) in [4.78, 5) is 1.18. The summed E-state index contributed by atoms with van der Waals surface area (Å²) in [6, 6.07) is 1.78. The molecule has 1 heterocycles. The summed E-state index contributed by atoms with van der Waals surface area (Å²) in [6.45, 7) is 5.98. The number of halogens is 3. The standard InChI is InChI=1S/C13H21F3N2O/c1-12(2,3)17-6-10-5-11(19-8-10)7-18(4)9-13(14,15)16/h5,8,17H,6-7,9H2,1-4H3. The van der Waals surface area contributed by atoms with Crippen LogP contribution in [0.4, 0.5) is 13.2 Å². The van der Waals surface area contributed by atoms with Crippen molar-refractivity contribution in [3.63, 3.8) is 0 Å². The quantitative estimate of drug-likeness (QED) is 0.896. The van der Waals surface area contributed by atoms with Gasteiger partial charge in [0.1, 0.15) is 5.76 Å². The van der Waals surface area contributed by atoms with Gasteiger partial charge in [-0.2, -0.15) is 13.2 Å². The van der Waals surface area contributed by atoms with Crippen molar-refractivity contribution in [2.45, 2.75) is 45.6 Å². The van der Waals surface area contributed by atoms with Crippen molar-refractivity contribution >= 4 is 0 Å². The molecule has 0 bridgehead atoms. The van der Waals surface area contributed by atoms with E-state index in [0.29, 0.717) is 12.3 Å². The summed E-state index contributed by atoms with van der Waals surface area (Å²) in [7, 11) is 1.42. The first-order chi connectivity index (χ1) is 8.55. The minimum Gasteiger partial charge on any atom is -0.468 e. The van der Waals surface area contributed by atoms with E-state index >= 15 is 0 Å².